The lowest BCUT2D eigenvalue weighted by Gasteiger charge is -2.32. The van der Waals surface area contributed by atoms with Gasteiger partial charge in [-0.1, -0.05) is 70.0 Å². The molecular formula is C30H35BrClN3O4S. The first-order valence-corrected chi connectivity index (χ1v) is 16.1. The van der Waals surface area contributed by atoms with E-state index in [9.17, 15) is 18.0 Å². The first-order valence-electron chi connectivity index (χ1n) is 13.1. The lowest BCUT2D eigenvalue weighted by atomic mass is 10.0. The zero-order valence-corrected chi connectivity index (χ0v) is 26.0. The van der Waals surface area contributed by atoms with E-state index in [0.717, 1.165) is 21.9 Å². The molecule has 0 radical (unpaired) electrons. The smallest absolute Gasteiger partial charge is 0.243 e. The van der Waals surface area contributed by atoms with E-state index in [-0.39, 0.29) is 43.8 Å². The molecular weight excluding hydrogens is 614 g/mol. The largest absolute Gasteiger partial charge is 0.352 e. The minimum atomic E-state index is -3.59. The van der Waals surface area contributed by atoms with Crippen molar-refractivity contribution in [2.45, 2.75) is 51.7 Å². The van der Waals surface area contributed by atoms with Gasteiger partial charge in [-0.3, -0.25) is 13.9 Å². The van der Waals surface area contributed by atoms with Crippen LogP contribution >= 0.6 is 27.5 Å². The summed E-state index contributed by atoms with van der Waals surface area (Å²) in [5.41, 5.74) is 2.28. The Labute approximate surface area is 250 Å². The summed E-state index contributed by atoms with van der Waals surface area (Å²) in [6, 6.07) is 22.9. The molecule has 0 aromatic heterocycles. The molecule has 0 saturated heterocycles. The second-order valence-electron chi connectivity index (χ2n) is 9.94. The quantitative estimate of drug-likeness (QED) is 0.253. The van der Waals surface area contributed by atoms with Crippen molar-refractivity contribution in [1.29, 1.82) is 0 Å². The van der Waals surface area contributed by atoms with Crippen LogP contribution in [-0.4, -0.2) is 50.0 Å². The summed E-state index contributed by atoms with van der Waals surface area (Å²) < 4.78 is 27.2. The van der Waals surface area contributed by atoms with Crippen LogP contribution in [0.4, 0.5) is 5.69 Å². The lowest BCUT2D eigenvalue weighted by molar-refractivity contribution is -0.141. The topological polar surface area (TPSA) is 86.8 Å². The van der Waals surface area contributed by atoms with E-state index in [2.05, 4.69) is 21.2 Å². The van der Waals surface area contributed by atoms with Gasteiger partial charge in [0.1, 0.15) is 6.04 Å². The maximum atomic E-state index is 13.8. The molecule has 0 fully saturated rings. The highest BCUT2D eigenvalue weighted by molar-refractivity contribution is 9.10. The van der Waals surface area contributed by atoms with E-state index in [4.69, 9.17) is 11.6 Å². The summed E-state index contributed by atoms with van der Waals surface area (Å²) in [6.45, 7) is 4.11. The molecule has 10 heteroatoms. The Hall–Kier alpha value is -2.88. The van der Waals surface area contributed by atoms with Crippen molar-refractivity contribution in [1.82, 2.24) is 10.2 Å². The Morgan fingerprint density at radius 2 is 1.60 bits per heavy atom. The fourth-order valence-corrected chi connectivity index (χ4v) is 5.92. The summed E-state index contributed by atoms with van der Waals surface area (Å²) >= 11 is 9.47. The first kappa shape index (κ1) is 31.6. The molecule has 2 amide bonds. The SMILES string of the molecule is CC(C)NC(=O)C(Cc1ccccc1)N(Cc1cccc(Br)c1)C(=O)CCCN(c1ccc(Cl)cc1)S(C)(=O)=O. The number of hydrogen-bond acceptors (Lipinski definition) is 4. The molecule has 0 aliphatic heterocycles. The minimum absolute atomic E-state index is 0.0634. The van der Waals surface area contributed by atoms with E-state index >= 15 is 0 Å². The van der Waals surface area contributed by atoms with Crippen molar-refractivity contribution >= 4 is 55.1 Å². The number of sulfonamides is 1. The van der Waals surface area contributed by atoms with E-state index in [0.29, 0.717) is 17.1 Å². The molecule has 3 aromatic carbocycles. The molecule has 0 heterocycles. The monoisotopic (exact) mass is 647 g/mol. The van der Waals surface area contributed by atoms with Crippen LogP contribution in [0.2, 0.25) is 5.02 Å². The summed E-state index contributed by atoms with van der Waals surface area (Å²) in [5.74, 6) is -0.467. The highest BCUT2D eigenvalue weighted by Crippen LogP contribution is 2.22. The highest BCUT2D eigenvalue weighted by atomic mass is 79.9. The zero-order valence-electron chi connectivity index (χ0n) is 22.9. The molecule has 0 spiro atoms. The average molecular weight is 649 g/mol. The Bertz CT molecular complexity index is 1390. The minimum Gasteiger partial charge on any atom is -0.352 e. The third-order valence-electron chi connectivity index (χ3n) is 6.21. The van der Waals surface area contributed by atoms with Gasteiger partial charge in [-0.15, -0.1) is 0 Å². The molecule has 214 valence electrons. The third-order valence-corrected chi connectivity index (χ3v) is 8.15. The van der Waals surface area contributed by atoms with E-state index in [1.54, 1.807) is 29.2 Å². The Kier molecular flexibility index (Phi) is 11.6. The van der Waals surface area contributed by atoms with Crippen LogP contribution in [0.5, 0.6) is 0 Å². The van der Waals surface area contributed by atoms with Gasteiger partial charge in [0.25, 0.3) is 0 Å². The number of anilines is 1. The van der Waals surface area contributed by atoms with Crippen molar-refractivity contribution in [3.63, 3.8) is 0 Å². The molecule has 1 unspecified atom stereocenters. The van der Waals surface area contributed by atoms with Gasteiger partial charge in [0.15, 0.2) is 0 Å². The second-order valence-corrected chi connectivity index (χ2v) is 13.2. The van der Waals surface area contributed by atoms with Gasteiger partial charge in [-0.05, 0) is 67.8 Å². The van der Waals surface area contributed by atoms with Crippen molar-refractivity contribution in [3.05, 3.63) is 99.5 Å². The Morgan fingerprint density at radius 1 is 0.950 bits per heavy atom. The van der Waals surface area contributed by atoms with Crippen LogP contribution in [-0.2, 0) is 32.6 Å². The standard InChI is InChI=1S/C30H35BrClN3O4S/c1-22(2)33-30(37)28(20-23-9-5-4-6-10-23)34(21-24-11-7-12-25(31)19-24)29(36)13-8-18-35(40(3,38)39)27-16-14-26(32)15-17-27/h4-7,9-12,14-17,19,22,28H,8,13,18,20-21H2,1-3H3,(H,33,37). The van der Waals surface area contributed by atoms with Gasteiger partial charge in [0.2, 0.25) is 21.8 Å². The Morgan fingerprint density at radius 3 is 2.20 bits per heavy atom. The third kappa shape index (κ3) is 9.64. The summed E-state index contributed by atoms with van der Waals surface area (Å²) in [7, 11) is -3.59. The van der Waals surface area contributed by atoms with Gasteiger partial charge >= 0.3 is 0 Å². The van der Waals surface area contributed by atoms with Crippen LogP contribution in [0.3, 0.4) is 0 Å². The zero-order chi connectivity index (χ0) is 29.3. The number of halogens is 2. The van der Waals surface area contributed by atoms with E-state index in [1.807, 2.05) is 68.4 Å². The number of nitrogens with one attached hydrogen (secondary N) is 1. The normalized spacial score (nSPS) is 12.2. The van der Waals surface area contributed by atoms with E-state index < -0.39 is 16.1 Å². The maximum absolute atomic E-state index is 13.8. The van der Waals surface area contributed by atoms with Crippen molar-refractivity contribution in [2.75, 3.05) is 17.1 Å². The molecule has 0 saturated carbocycles. The predicted octanol–water partition coefficient (Wildman–Crippen LogP) is 5.81. The van der Waals surface area contributed by atoms with Gasteiger partial charge in [0, 0.05) is 41.5 Å². The molecule has 3 rings (SSSR count). The molecule has 1 N–H and O–H groups in total. The number of rotatable bonds is 13. The van der Waals surface area contributed by atoms with E-state index in [1.165, 1.54) is 4.31 Å². The predicted molar refractivity (Wildman–Crippen MR) is 165 cm³/mol. The van der Waals surface area contributed by atoms with Gasteiger partial charge in [-0.2, -0.15) is 0 Å². The van der Waals surface area contributed by atoms with Crippen LogP contribution < -0.4 is 9.62 Å². The summed E-state index contributed by atoms with van der Waals surface area (Å²) in [6.07, 6.45) is 1.82. The van der Waals surface area contributed by atoms with Crippen molar-refractivity contribution < 1.29 is 18.0 Å². The van der Waals surface area contributed by atoms with Gasteiger partial charge in [0.05, 0.1) is 11.9 Å². The van der Waals surface area contributed by atoms with Gasteiger partial charge < -0.3 is 10.2 Å². The number of hydrogen-bond donors (Lipinski definition) is 1. The number of amides is 2. The summed E-state index contributed by atoms with van der Waals surface area (Å²) in [5, 5.41) is 3.48. The second kappa shape index (κ2) is 14.7. The molecule has 0 bridgehead atoms. The van der Waals surface area contributed by atoms with Crippen LogP contribution in [0, 0.1) is 0 Å². The average Bonchev–Trinajstić information content (AvgIpc) is 2.89. The van der Waals surface area contributed by atoms with Crippen LogP contribution in [0.15, 0.2) is 83.3 Å². The summed E-state index contributed by atoms with van der Waals surface area (Å²) in [4.78, 5) is 28.9. The fourth-order valence-electron chi connectivity index (χ4n) is 4.38. The molecule has 40 heavy (non-hydrogen) atoms. The number of carbonyl (C=O) groups is 2. The molecule has 0 aliphatic rings. The molecule has 7 nitrogen and oxygen atoms in total. The number of benzene rings is 3. The molecule has 1 atom stereocenters. The molecule has 0 aliphatic carbocycles. The first-order chi connectivity index (χ1) is 18.9. The number of nitrogens with zero attached hydrogens (tertiary/aromatic N) is 2. The highest BCUT2D eigenvalue weighted by Gasteiger charge is 2.31. The van der Waals surface area contributed by atoms with Gasteiger partial charge in [-0.25, -0.2) is 8.42 Å². The fraction of sp³-hybridized carbons (Fsp3) is 0.333. The Balaban J connectivity index is 1.87. The van der Waals surface area contributed by atoms with Crippen molar-refractivity contribution in [3.8, 4) is 0 Å². The molecule has 3 aromatic rings. The van der Waals surface area contributed by atoms with Crippen LogP contribution in [0.25, 0.3) is 0 Å². The maximum Gasteiger partial charge on any atom is 0.243 e. The lowest BCUT2D eigenvalue weighted by Crippen LogP contribution is -2.51. The van der Waals surface area contributed by atoms with Crippen LogP contribution in [0.1, 0.15) is 37.8 Å². The number of carbonyl (C=O) groups excluding carboxylic acids is 2. The van der Waals surface area contributed by atoms with Crippen molar-refractivity contribution in [2.24, 2.45) is 0 Å².